The Balaban J connectivity index is 0.000000196. The number of fused-ring (bicyclic) bond motifs is 2. The maximum Gasteiger partial charge on any atom is 0.264 e. The van der Waals surface area contributed by atoms with Crippen molar-refractivity contribution in [2.45, 2.75) is 33.4 Å². The highest BCUT2D eigenvalue weighted by Gasteiger charge is 2.19. The van der Waals surface area contributed by atoms with Gasteiger partial charge in [0.2, 0.25) is 23.7 Å². The summed E-state index contributed by atoms with van der Waals surface area (Å²) >= 11 is 18.1. The zero-order chi connectivity index (χ0) is 43.8. The molecule has 8 aromatic rings. The smallest absolute Gasteiger partial charge is 0.264 e. The van der Waals surface area contributed by atoms with Gasteiger partial charge in [0.05, 0.1) is 41.1 Å². The summed E-state index contributed by atoms with van der Waals surface area (Å²) in [5, 5.41) is 7.02. The molecule has 0 aliphatic heterocycles. The van der Waals surface area contributed by atoms with Crippen LogP contribution in [-0.4, -0.2) is 43.3 Å². The number of nitrogen functional groups attached to an aromatic ring is 2. The van der Waals surface area contributed by atoms with E-state index in [9.17, 15) is 9.59 Å². The first-order valence-corrected chi connectivity index (χ1v) is 19.8. The van der Waals surface area contributed by atoms with Crippen LogP contribution in [0, 0.1) is 0 Å². The number of rotatable bonds is 8. The number of nitrogens with two attached hydrogens (primary N) is 3. The predicted octanol–water partition coefficient (Wildman–Crippen LogP) is 9.22. The molecule has 0 bridgehead atoms. The number of benzene rings is 4. The number of aromatic nitrogens is 6. The lowest BCUT2D eigenvalue weighted by molar-refractivity contribution is 0.397. The maximum atomic E-state index is 13.5. The second kappa shape index (κ2) is 20.7. The third-order valence-electron chi connectivity index (χ3n) is 9.18. The van der Waals surface area contributed by atoms with E-state index < -0.39 is 0 Å². The topological polar surface area (TPSA) is 204 Å². The normalized spacial score (nSPS) is 11.5. The fourth-order valence-corrected chi connectivity index (χ4v) is 7.16. The summed E-state index contributed by atoms with van der Waals surface area (Å²) in [6.07, 6.45) is 0. The lowest BCUT2D eigenvalue weighted by Crippen LogP contribution is -2.25. The molecular weight excluding hydrogens is 851 g/mol. The Morgan fingerprint density at radius 1 is 0.597 bits per heavy atom. The average molecular weight is 896 g/mol. The van der Waals surface area contributed by atoms with Crippen LogP contribution in [0.25, 0.3) is 32.9 Å². The zero-order valence-electron chi connectivity index (χ0n) is 33.4. The van der Waals surface area contributed by atoms with Gasteiger partial charge in [0.15, 0.2) is 0 Å². The van der Waals surface area contributed by atoms with Gasteiger partial charge in [0.25, 0.3) is 11.1 Å². The summed E-state index contributed by atoms with van der Waals surface area (Å²) < 4.78 is 13.2. The molecular formula is C45H45Cl3N10O4. The lowest BCUT2D eigenvalue weighted by Gasteiger charge is -2.21. The molecule has 8 rings (SSSR count). The van der Waals surface area contributed by atoms with E-state index in [1.807, 2.05) is 111 Å². The fourth-order valence-electron chi connectivity index (χ4n) is 6.46. The van der Waals surface area contributed by atoms with E-state index in [4.69, 9.17) is 61.5 Å². The quantitative estimate of drug-likeness (QED) is 0.105. The van der Waals surface area contributed by atoms with E-state index in [1.165, 1.54) is 20.3 Å². The van der Waals surface area contributed by atoms with Gasteiger partial charge in [-0.05, 0) is 73.2 Å². The van der Waals surface area contributed by atoms with Crippen molar-refractivity contribution < 1.29 is 9.47 Å². The van der Waals surface area contributed by atoms with Gasteiger partial charge in [-0.1, -0.05) is 103 Å². The Kier molecular flexibility index (Phi) is 15.5. The van der Waals surface area contributed by atoms with Crippen molar-refractivity contribution in [1.29, 1.82) is 0 Å². The Morgan fingerprint density at radius 2 is 1.05 bits per heavy atom. The number of nitrogens with one attached hydrogen (secondary N) is 1. The second-order valence-electron chi connectivity index (χ2n) is 13.4. The molecule has 0 fully saturated rings. The molecule has 7 N–H and O–H groups in total. The number of ether oxygens (including phenoxy) is 2. The minimum absolute atomic E-state index is 0. The van der Waals surface area contributed by atoms with Crippen LogP contribution in [-0.2, 0) is 0 Å². The highest BCUT2D eigenvalue weighted by molar-refractivity contribution is 6.35. The largest absolute Gasteiger partial charge is 0.481 e. The van der Waals surface area contributed by atoms with Crippen LogP contribution in [0.3, 0.4) is 0 Å². The van der Waals surface area contributed by atoms with Gasteiger partial charge in [0, 0.05) is 40.9 Å². The first kappa shape index (κ1) is 46.4. The molecule has 17 heteroatoms. The van der Waals surface area contributed by atoms with Crippen LogP contribution >= 0.6 is 34.8 Å². The molecule has 0 aliphatic carbocycles. The van der Waals surface area contributed by atoms with Crippen molar-refractivity contribution in [1.82, 2.24) is 29.1 Å². The van der Waals surface area contributed by atoms with Crippen molar-refractivity contribution in [3.63, 3.8) is 0 Å². The van der Waals surface area contributed by atoms with E-state index in [-0.39, 0.29) is 47.7 Å². The summed E-state index contributed by atoms with van der Waals surface area (Å²) in [6, 6.07) is 36.2. The summed E-state index contributed by atoms with van der Waals surface area (Å²) in [5.41, 5.74) is 19.8. The molecule has 4 aromatic heterocycles. The molecule has 0 saturated carbocycles. The number of para-hydroxylation sites is 2. The number of anilines is 3. The number of hydrogen-bond acceptors (Lipinski definition) is 12. The molecule has 0 aliphatic rings. The van der Waals surface area contributed by atoms with Crippen LogP contribution in [0.2, 0.25) is 15.2 Å². The summed E-state index contributed by atoms with van der Waals surface area (Å²) in [6.45, 7) is 3.81. The van der Waals surface area contributed by atoms with Gasteiger partial charge in [-0.15, -0.1) is 0 Å². The first-order valence-electron chi connectivity index (χ1n) is 18.6. The molecule has 0 amide bonds. The lowest BCUT2D eigenvalue weighted by atomic mass is 10.1. The third kappa shape index (κ3) is 10.6. The molecule has 0 unspecified atom stereocenters. The average Bonchev–Trinajstić information content (AvgIpc) is 3.24. The van der Waals surface area contributed by atoms with Gasteiger partial charge in [-0.25, -0.2) is 4.98 Å². The first-order chi connectivity index (χ1) is 29.3. The van der Waals surface area contributed by atoms with Crippen LogP contribution in [0.5, 0.6) is 11.8 Å². The summed E-state index contributed by atoms with van der Waals surface area (Å²) in [7, 11) is 2.99. The van der Waals surface area contributed by atoms with E-state index in [0.717, 1.165) is 33.5 Å². The van der Waals surface area contributed by atoms with E-state index in [0.29, 0.717) is 38.4 Å². The van der Waals surface area contributed by atoms with Gasteiger partial charge in [-0.2, -0.15) is 15.0 Å². The van der Waals surface area contributed by atoms with Crippen LogP contribution in [0.4, 0.5) is 17.7 Å². The minimum atomic E-state index is -0.291. The molecule has 320 valence electrons. The Labute approximate surface area is 372 Å². The molecule has 2 atom stereocenters. The number of pyridine rings is 2. The molecule has 0 saturated heterocycles. The predicted molar refractivity (Wildman–Crippen MR) is 251 cm³/mol. The van der Waals surface area contributed by atoms with Gasteiger partial charge in [0.1, 0.15) is 11.0 Å². The Hall–Kier alpha value is -6.71. The van der Waals surface area contributed by atoms with Crippen LogP contribution in [0.15, 0.2) is 131 Å². The van der Waals surface area contributed by atoms with Crippen LogP contribution < -0.4 is 43.1 Å². The minimum Gasteiger partial charge on any atom is -0.481 e. The standard InChI is InChI=1S/C22H20ClN5O2.C17H15ClN2O.C5H6ClN3O.CH4/c1-13(25-18-12-19(30-2)27-22(24)26-18)17-11-14-7-6-10-16(23)20(14)21(29)28(17)15-8-4-3-5-9-15;1-11(19)15-10-12-6-5-9-14(18)16(12)17(21)20(15)13-7-3-2-4-8-13;1-10-4-2-3(6)8-5(7)9-4;/h3-13H,1-2H3,(H3,24,25,26,27);2-11H,19H2,1H3;2H,1H3,(H2,7,8,9);1H4/t13-;11-;;/m00../s1. The van der Waals surface area contributed by atoms with E-state index in [1.54, 1.807) is 27.3 Å². The zero-order valence-corrected chi connectivity index (χ0v) is 35.7. The molecule has 4 heterocycles. The van der Waals surface area contributed by atoms with Crippen molar-refractivity contribution in [2.75, 3.05) is 31.0 Å². The molecule has 4 aromatic carbocycles. The second-order valence-corrected chi connectivity index (χ2v) is 14.6. The van der Waals surface area contributed by atoms with Gasteiger partial charge >= 0.3 is 0 Å². The summed E-state index contributed by atoms with van der Waals surface area (Å²) in [5.74, 6) is 1.42. The van der Waals surface area contributed by atoms with Crippen molar-refractivity contribution >= 4 is 74.1 Å². The number of nitrogens with zero attached hydrogens (tertiary/aromatic N) is 6. The monoisotopic (exact) mass is 894 g/mol. The Bertz CT molecular complexity index is 2910. The molecule has 62 heavy (non-hydrogen) atoms. The number of hydrogen-bond donors (Lipinski definition) is 4. The van der Waals surface area contributed by atoms with Crippen molar-refractivity contribution in [3.8, 4) is 23.1 Å². The van der Waals surface area contributed by atoms with E-state index >= 15 is 0 Å². The highest BCUT2D eigenvalue weighted by Crippen LogP contribution is 2.28. The summed E-state index contributed by atoms with van der Waals surface area (Å²) in [4.78, 5) is 41.9. The number of methoxy groups -OCH3 is 2. The number of halogens is 3. The molecule has 0 spiro atoms. The fraction of sp³-hybridized carbons (Fsp3) is 0.156. The SMILES string of the molecule is C.COc1cc(Cl)nc(N)n1.COc1cc(N[C@@H](C)c2cc3cccc(Cl)c3c(=O)n2-c2ccccc2)nc(N)n1.C[C@H](N)c1cc2cccc(Cl)c2c(=O)n1-c1ccccc1. The molecule has 0 radical (unpaired) electrons. The van der Waals surface area contributed by atoms with Crippen LogP contribution in [0.1, 0.15) is 44.7 Å². The maximum absolute atomic E-state index is 13.5. The van der Waals surface area contributed by atoms with Gasteiger partial charge < -0.3 is 32.0 Å². The Morgan fingerprint density at radius 3 is 1.52 bits per heavy atom. The van der Waals surface area contributed by atoms with Crippen molar-refractivity contribution in [2.24, 2.45) is 5.73 Å². The molecule has 14 nitrogen and oxygen atoms in total. The van der Waals surface area contributed by atoms with Crippen molar-refractivity contribution in [3.05, 3.63) is 169 Å². The third-order valence-corrected chi connectivity index (χ3v) is 10.0. The van der Waals surface area contributed by atoms with E-state index in [2.05, 4.69) is 25.3 Å². The highest BCUT2D eigenvalue weighted by atomic mass is 35.5. The van der Waals surface area contributed by atoms with Gasteiger partial charge in [-0.3, -0.25) is 18.7 Å².